The van der Waals surface area contributed by atoms with Gasteiger partial charge in [-0.15, -0.1) is 0 Å². The zero-order chi connectivity index (χ0) is 37.1. The fraction of sp³-hybridized carbons (Fsp3) is 0.639. The summed E-state index contributed by atoms with van der Waals surface area (Å²) in [4.78, 5) is 58.6. The second-order valence-corrected chi connectivity index (χ2v) is 17.3. The maximum absolute atomic E-state index is 13.7. The first-order valence-corrected chi connectivity index (χ1v) is 19.5. The SMILES string of the molecule is CC(C)(C)OC(=O)C[C@H]1CCCCC/C=C\[C@@H]2C[C@@]2(C(=O)NS(=O)(=O)C2CC2)CC(=O)[C@@H]2C[C@@H](O)CN2C1=O.COc1ccc2oc(Cl)nc2c1. The Balaban J connectivity index is 0.000000351. The van der Waals surface area contributed by atoms with Gasteiger partial charge < -0.3 is 23.9 Å². The molecule has 6 rings (SSSR count). The van der Waals surface area contributed by atoms with Gasteiger partial charge in [0.05, 0.1) is 36.3 Å². The topological polar surface area (TPSA) is 182 Å². The van der Waals surface area contributed by atoms with E-state index in [1.165, 1.54) is 4.90 Å². The number of sulfonamides is 1. The standard InChI is InChI=1S/C28H42N2O8S.C8H6ClNO2/c1-27(2,3)38-24(33)13-18-9-7-5-4-6-8-10-19-15-28(19,26(35)29-39(36,37)21-11-12-21)16-23(32)22-14-20(31)17-30(22)25(18)34;1-11-5-2-3-7-6(4-5)10-8(9)12-7/h8,10,18-22,31H,4-7,9,11-17H2,1-3H3,(H,29,35);2-4H,1H3/b10-8-;/t18-,19-,20-,22+,28-;/m1./s1. The molecular formula is C36H48ClN3O10S. The van der Waals surface area contributed by atoms with Gasteiger partial charge in [-0.1, -0.05) is 25.0 Å². The molecule has 0 radical (unpaired) electrons. The summed E-state index contributed by atoms with van der Waals surface area (Å²) < 4.78 is 42.8. The minimum atomic E-state index is -3.78. The van der Waals surface area contributed by atoms with Gasteiger partial charge in [0.1, 0.15) is 16.9 Å². The predicted octanol–water partition coefficient (Wildman–Crippen LogP) is 4.88. The highest BCUT2D eigenvalue weighted by Crippen LogP contribution is 2.57. The van der Waals surface area contributed by atoms with Crippen LogP contribution in [0.5, 0.6) is 5.75 Å². The number of methoxy groups -OCH3 is 1. The Morgan fingerprint density at radius 3 is 2.59 bits per heavy atom. The van der Waals surface area contributed by atoms with Crippen molar-refractivity contribution in [3.8, 4) is 5.75 Å². The van der Waals surface area contributed by atoms with Crippen LogP contribution < -0.4 is 9.46 Å². The number of fused-ring (bicyclic) bond motifs is 3. The molecule has 5 atom stereocenters. The van der Waals surface area contributed by atoms with Crippen LogP contribution >= 0.6 is 11.6 Å². The molecule has 1 aromatic carbocycles. The second-order valence-electron chi connectivity index (χ2n) is 15.0. The molecule has 2 amide bonds. The number of allylic oxidation sites excluding steroid dienone is 2. The molecule has 280 valence electrons. The number of ketones is 1. The first kappa shape index (κ1) is 38.7. The molecule has 0 unspecified atom stereocenters. The molecule has 2 aliphatic carbocycles. The number of aliphatic hydroxyl groups excluding tert-OH is 1. The first-order valence-electron chi connectivity index (χ1n) is 17.6. The molecular weight excluding hydrogens is 702 g/mol. The normalized spacial score (nSPS) is 27.9. The van der Waals surface area contributed by atoms with Crippen molar-refractivity contribution < 1.29 is 46.6 Å². The number of esters is 1. The molecule has 2 N–H and O–H groups in total. The van der Waals surface area contributed by atoms with Crippen LogP contribution in [0.15, 0.2) is 34.8 Å². The Morgan fingerprint density at radius 1 is 1.16 bits per heavy atom. The average Bonchev–Trinajstić information content (AvgIpc) is 3.94. The highest BCUT2D eigenvalue weighted by molar-refractivity contribution is 7.90. The number of carbonyl (C=O) groups excluding carboxylic acids is 4. The zero-order valence-electron chi connectivity index (χ0n) is 29.6. The summed E-state index contributed by atoms with van der Waals surface area (Å²) in [6, 6.07) is 4.40. The lowest BCUT2D eigenvalue weighted by Gasteiger charge is -2.29. The molecule has 15 heteroatoms. The van der Waals surface area contributed by atoms with Crippen LogP contribution in [0.1, 0.15) is 91.4 Å². The zero-order valence-corrected chi connectivity index (χ0v) is 31.1. The van der Waals surface area contributed by atoms with Crippen LogP contribution in [0.3, 0.4) is 0 Å². The number of hydrogen-bond donors (Lipinski definition) is 2. The molecule has 3 heterocycles. The number of amides is 2. The number of ether oxygens (including phenoxy) is 2. The highest BCUT2D eigenvalue weighted by Gasteiger charge is 2.61. The number of nitrogens with zero attached hydrogens (tertiary/aromatic N) is 2. The van der Waals surface area contributed by atoms with E-state index in [4.69, 9.17) is 25.5 Å². The average molecular weight is 750 g/mol. The number of rotatable bonds is 6. The lowest BCUT2D eigenvalue weighted by molar-refractivity contribution is -0.159. The van der Waals surface area contributed by atoms with Crippen LogP contribution in [0.2, 0.25) is 5.35 Å². The van der Waals surface area contributed by atoms with Crippen molar-refractivity contribution in [3.63, 3.8) is 0 Å². The van der Waals surface area contributed by atoms with Gasteiger partial charge in [-0.3, -0.25) is 23.9 Å². The summed E-state index contributed by atoms with van der Waals surface area (Å²) in [5.41, 5.74) is -0.509. The number of Topliss-reactive ketones (excluding diaryl/α,β-unsaturated/α-hetero) is 1. The van der Waals surface area contributed by atoms with Crippen molar-refractivity contribution in [3.05, 3.63) is 35.7 Å². The summed E-state index contributed by atoms with van der Waals surface area (Å²) in [5.74, 6) is -2.11. The molecule has 51 heavy (non-hydrogen) atoms. The molecule has 0 bridgehead atoms. The van der Waals surface area contributed by atoms with E-state index in [0.29, 0.717) is 36.8 Å². The first-order chi connectivity index (χ1) is 24.0. The lowest BCUT2D eigenvalue weighted by Crippen LogP contribution is -2.46. The van der Waals surface area contributed by atoms with Crippen LogP contribution in [0.25, 0.3) is 11.1 Å². The number of aliphatic hydroxyl groups is 1. The van der Waals surface area contributed by atoms with Crippen LogP contribution in [-0.4, -0.2) is 83.6 Å². The monoisotopic (exact) mass is 749 g/mol. The molecule has 2 aromatic rings. The van der Waals surface area contributed by atoms with Crippen molar-refractivity contribution in [2.75, 3.05) is 13.7 Å². The van der Waals surface area contributed by atoms with E-state index in [-0.39, 0.29) is 48.8 Å². The Morgan fingerprint density at radius 2 is 1.90 bits per heavy atom. The van der Waals surface area contributed by atoms with Gasteiger partial charge in [-0.25, -0.2) is 8.42 Å². The molecule has 1 saturated heterocycles. The maximum atomic E-state index is 13.7. The van der Waals surface area contributed by atoms with Gasteiger partial charge in [0.2, 0.25) is 21.8 Å². The Bertz CT molecular complexity index is 1770. The minimum absolute atomic E-state index is 0.0291. The van der Waals surface area contributed by atoms with E-state index < -0.39 is 56.2 Å². The van der Waals surface area contributed by atoms with Crippen molar-refractivity contribution in [2.45, 2.75) is 114 Å². The highest BCUT2D eigenvalue weighted by atomic mass is 35.5. The third-order valence-corrected chi connectivity index (χ3v) is 11.7. The molecule has 13 nitrogen and oxygen atoms in total. The minimum Gasteiger partial charge on any atom is -0.497 e. The quantitative estimate of drug-likeness (QED) is 0.303. The molecule has 1 aromatic heterocycles. The van der Waals surface area contributed by atoms with Crippen molar-refractivity contribution in [1.29, 1.82) is 0 Å². The summed E-state index contributed by atoms with van der Waals surface area (Å²) in [7, 11) is -2.18. The van der Waals surface area contributed by atoms with Gasteiger partial charge in [-0.2, -0.15) is 4.98 Å². The summed E-state index contributed by atoms with van der Waals surface area (Å²) >= 11 is 5.56. The van der Waals surface area contributed by atoms with Crippen molar-refractivity contribution in [2.24, 2.45) is 17.3 Å². The Kier molecular flexibility index (Phi) is 11.9. The van der Waals surface area contributed by atoms with Gasteiger partial charge in [-0.05, 0) is 88.9 Å². The fourth-order valence-electron chi connectivity index (χ4n) is 6.84. The van der Waals surface area contributed by atoms with E-state index >= 15 is 0 Å². The molecule has 0 spiro atoms. The van der Waals surface area contributed by atoms with Crippen molar-refractivity contribution in [1.82, 2.24) is 14.6 Å². The molecule has 4 aliphatic rings. The number of oxazole rings is 1. The molecule has 2 aliphatic heterocycles. The van der Waals surface area contributed by atoms with Gasteiger partial charge in [0, 0.05) is 31.4 Å². The number of halogens is 1. The third kappa shape index (κ3) is 9.89. The summed E-state index contributed by atoms with van der Waals surface area (Å²) in [6.07, 6.45) is 7.71. The van der Waals surface area contributed by atoms with E-state index in [2.05, 4.69) is 9.71 Å². The third-order valence-electron chi connectivity index (χ3n) is 9.75. The number of hydrogen-bond acceptors (Lipinski definition) is 11. The van der Waals surface area contributed by atoms with E-state index in [9.17, 15) is 32.7 Å². The summed E-state index contributed by atoms with van der Waals surface area (Å²) in [6.45, 7) is 5.25. The molecule has 2 saturated carbocycles. The largest absolute Gasteiger partial charge is 0.497 e. The van der Waals surface area contributed by atoms with Crippen molar-refractivity contribution >= 4 is 56.3 Å². The Labute approximate surface area is 303 Å². The van der Waals surface area contributed by atoms with E-state index in [0.717, 1.165) is 31.4 Å². The number of carbonyl (C=O) groups is 4. The Hall–Kier alpha value is -3.49. The lowest BCUT2D eigenvalue weighted by atomic mass is 9.90. The van der Waals surface area contributed by atoms with Gasteiger partial charge >= 0.3 is 5.97 Å². The smallest absolute Gasteiger partial charge is 0.307 e. The van der Waals surface area contributed by atoms with E-state index in [1.807, 2.05) is 12.2 Å². The van der Waals surface area contributed by atoms with E-state index in [1.54, 1.807) is 46.1 Å². The molecule has 3 fully saturated rings. The second kappa shape index (κ2) is 15.6. The number of benzene rings is 1. The predicted molar refractivity (Wildman–Crippen MR) is 188 cm³/mol. The van der Waals surface area contributed by atoms with Crippen LogP contribution in [0, 0.1) is 17.3 Å². The fourth-order valence-corrected chi connectivity index (χ4v) is 8.40. The van der Waals surface area contributed by atoms with Crippen LogP contribution in [-0.2, 0) is 33.9 Å². The van der Waals surface area contributed by atoms with Gasteiger partial charge in [0.15, 0.2) is 11.4 Å². The van der Waals surface area contributed by atoms with Crippen LogP contribution in [0.4, 0.5) is 0 Å². The number of nitrogens with one attached hydrogen (secondary N) is 1. The summed E-state index contributed by atoms with van der Waals surface area (Å²) in [5, 5.41) is 10.0. The van der Waals surface area contributed by atoms with Gasteiger partial charge in [0.25, 0.3) is 5.35 Å². The number of aromatic nitrogens is 1. The maximum Gasteiger partial charge on any atom is 0.307 e.